The van der Waals surface area contributed by atoms with Crippen LogP contribution in [0.5, 0.6) is 0 Å². The molecular weight excluding hydrogens is 228 g/mol. The first-order valence-electron chi connectivity index (χ1n) is 6.88. The van der Waals surface area contributed by atoms with E-state index in [0.29, 0.717) is 0 Å². The molecule has 4 aliphatic rings. The molecule has 18 heavy (non-hydrogen) atoms. The zero-order chi connectivity index (χ0) is 13.0. The summed E-state index contributed by atoms with van der Waals surface area (Å²) in [6.45, 7) is 2.02. The van der Waals surface area contributed by atoms with E-state index in [-0.39, 0.29) is 11.4 Å². The van der Waals surface area contributed by atoms with E-state index in [0.717, 1.165) is 12.8 Å². The molecule has 100 valence electrons. The number of fused-ring (bicyclic) bond motifs is 2. The normalized spacial score (nSPS) is 45.6. The summed E-state index contributed by atoms with van der Waals surface area (Å²) in [6.07, 6.45) is 8.94. The lowest BCUT2D eigenvalue weighted by Crippen LogP contribution is -2.61. The number of methoxy groups -OCH3 is 2. The monoisotopic (exact) mass is 250 g/mol. The number of esters is 1. The van der Waals surface area contributed by atoms with E-state index in [2.05, 4.69) is 6.08 Å². The maximum absolute atomic E-state index is 12.3. The van der Waals surface area contributed by atoms with Crippen molar-refractivity contribution >= 4 is 5.97 Å². The zero-order valence-corrected chi connectivity index (χ0v) is 11.5. The summed E-state index contributed by atoms with van der Waals surface area (Å²) >= 11 is 0. The highest BCUT2D eigenvalue weighted by Crippen LogP contribution is 2.66. The van der Waals surface area contributed by atoms with Gasteiger partial charge < -0.3 is 9.47 Å². The number of carbonyl (C=O) groups excluding carboxylic acids is 1. The van der Waals surface area contributed by atoms with Crippen LogP contribution < -0.4 is 0 Å². The second-order valence-electron chi connectivity index (χ2n) is 6.40. The Balaban J connectivity index is 2.13. The van der Waals surface area contributed by atoms with Crippen molar-refractivity contribution in [1.29, 1.82) is 0 Å². The molecule has 2 saturated carbocycles. The third kappa shape index (κ3) is 1.21. The number of allylic oxidation sites excluding steroid dienone is 1. The van der Waals surface area contributed by atoms with Crippen LogP contribution in [0.1, 0.15) is 45.4 Å². The van der Waals surface area contributed by atoms with Crippen LogP contribution in [0.25, 0.3) is 0 Å². The molecule has 0 unspecified atom stereocenters. The smallest absolute Gasteiger partial charge is 0.314 e. The summed E-state index contributed by atoms with van der Waals surface area (Å²) in [7, 11) is 3.21. The van der Waals surface area contributed by atoms with E-state index in [1.807, 2.05) is 6.92 Å². The minimum atomic E-state index is -0.525. The predicted octanol–water partition coefficient (Wildman–Crippen LogP) is 2.85. The standard InChI is InChI=1S/C15H22O3/c1-13(12(16)17-2)10-14-6-4-5-11(14)9-15(13,18-3)8-7-14/h9H,4-8,10H2,1-3H3/t13-,14-,15+/m0/s1. The van der Waals surface area contributed by atoms with Gasteiger partial charge in [0.15, 0.2) is 0 Å². The minimum absolute atomic E-state index is 0.120. The van der Waals surface area contributed by atoms with Crippen LogP contribution in [0.2, 0.25) is 0 Å². The van der Waals surface area contributed by atoms with Gasteiger partial charge in [-0.3, -0.25) is 4.79 Å². The van der Waals surface area contributed by atoms with E-state index in [1.54, 1.807) is 7.11 Å². The molecule has 0 aliphatic heterocycles. The van der Waals surface area contributed by atoms with Gasteiger partial charge in [0.2, 0.25) is 0 Å². The molecule has 0 heterocycles. The summed E-state index contributed by atoms with van der Waals surface area (Å²) in [4.78, 5) is 12.3. The molecule has 0 aromatic carbocycles. The van der Waals surface area contributed by atoms with Gasteiger partial charge in [0.05, 0.1) is 12.5 Å². The van der Waals surface area contributed by atoms with Crippen LogP contribution in [-0.2, 0) is 14.3 Å². The second-order valence-corrected chi connectivity index (χ2v) is 6.40. The highest BCUT2D eigenvalue weighted by Gasteiger charge is 2.65. The number of hydrogen-bond donors (Lipinski definition) is 0. The second kappa shape index (κ2) is 3.60. The lowest BCUT2D eigenvalue weighted by Gasteiger charge is -2.58. The van der Waals surface area contributed by atoms with Crippen LogP contribution in [0, 0.1) is 10.8 Å². The molecule has 3 nitrogen and oxygen atoms in total. The van der Waals surface area contributed by atoms with Gasteiger partial charge in [0, 0.05) is 7.11 Å². The molecular formula is C15H22O3. The maximum atomic E-state index is 12.3. The fraction of sp³-hybridized carbons (Fsp3) is 0.800. The highest BCUT2D eigenvalue weighted by molar-refractivity contribution is 5.80. The highest BCUT2D eigenvalue weighted by atomic mass is 16.5. The van der Waals surface area contributed by atoms with Gasteiger partial charge in [-0.05, 0) is 50.9 Å². The molecule has 0 aromatic heterocycles. The van der Waals surface area contributed by atoms with Gasteiger partial charge in [-0.25, -0.2) is 0 Å². The van der Waals surface area contributed by atoms with Crippen LogP contribution >= 0.6 is 0 Å². The molecule has 3 atom stereocenters. The quantitative estimate of drug-likeness (QED) is 0.558. The Morgan fingerprint density at radius 1 is 1.28 bits per heavy atom. The Morgan fingerprint density at radius 3 is 2.72 bits per heavy atom. The van der Waals surface area contributed by atoms with Crippen molar-refractivity contribution in [3.63, 3.8) is 0 Å². The summed E-state index contributed by atoms with van der Waals surface area (Å²) in [5.41, 5.74) is 0.838. The first-order valence-corrected chi connectivity index (χ1v) is 6.88. The molecule has 0 saturated heterocycles. The van der Waals surface area contributed by atoms with Crippen molar-refractivity contribution in [3.8, 4) is 0 Å². The minimum Gasteiger partial charge on any atom is -0.469 e. The third-order valence-electron chi connectivity index (χ3n) is 5.79. The number of carbonyl (C=O) groups is 1. The van der Waals surface area contributed by atoms with Gasteiger partial charge in [0.25, 0.3) is 0 Å². The topological polar surface area (TPSA) is 35.5 Å². The van der Waals surface area contributed by atoms with Gasteiger partial charge in [0.1, 0.15) is 5.60 Å². The third-order valence-corrected chi connectivity index (χ3v) is 5.79. The number of hydrogen-bond acceptors (Lipinski definition) is 3. The van der Waals surface area contributed by atoms with Crippen molar-refractivity contribution < 1.29 is 14.3 Å². The van der Waals surface area contributed by atoms with Gasteiger partial charge >= 0.3 is 5.97 Å². The SMILES string of the molecule is COC(=O)[C@]1(C)C[C@@]23CCCC2=C[C@]1(OC)CC3. The molecule has 0 radical (unpaired) electrons. The molecule has 0 N–H and O–H groups in total. The Hall–Kier alpha value is -0.830. The van der Waals surface area contributed by atoms with Crippen LogP contribution in [0.4, 0.5) is 0 Å². The molecule has 4 rings (SSSR count). The molecule has 4 aliphatic carbocycles. The van der Waals surface area contributed by atoms with Crippen molar-refractivity contribution in [3.05, 3.63) is 11.6 Å². The van der Waals surface area contributed by atoms with Crippen LogP contribution in [-0.4, -0.2) is 25.8 Å². The van der Waals surface area contributed by atoms with Crippen molar-refractivity contribution in [1.82, 2.24) is 0 Å². The van der Waals surface area contributed by atoms with E-state index in [1.165, 1.54) is 38.4 Å². The predicted molar refractivity (Wildman–Crippen MR) is 68.1 cm³/mol. The summed E-state index contributed by atoms with van der Waals surface area (Å²) in [5.74, 6) is -0.120. The first kappa shape index (κ1) is 12.2. The van der Waals surface area contributed by atoms with E-state index < -0.39 is 11.0 Å². The Kier molecular flexibility index (Phi) is 2.44. The van der Waals surface area contributed by atoms with Crippen LogP contribution in [0.15, 0.2) is 11.6 Å². The summed E-state index contributed by atoms with van der Waals surface area (Å²) in [5, 5.41) is 0. The number of rotatable bonds is 2. The molecule has 0 aromatic rings. The van der Waals surface area contributed by atoms with Crippen molar-refractivity contribution in [2.24, 2.45) is 10.8 Å². The average Bonchev–Trinajstić information content (AvgIpc) is 2.79. The van der Waals surface area contributed by atoms with E-state index in [4.69, 9.17) is 9.47 Å². The molecule has 2 bridgehead atoms. The molecule has 1 spiro atoms. The van der Waals surface area contributed by atoms with Crippen molar-refractivity contribution in [2.45, 2.75) is 51.0 Å². The maximum Gasteiger partial charge on any atom is 0.314 e. The fourth-order valence-corrected chi connectivity index (χ4v) is 4.74. The molecule has 0 amide bonds. The van der Waals surface area contributed by atoms with Gasteiger partial charge in [-0.1, -0.05) is 11.6 Å². The van der Waals surface area contributed by atoms with Gasteiger partial charge in [-0.2, -0.15) is 0 Å². The van der Waals surface area contributed by atoms with Gasteiger partial charge in [-0.15, -0.1) is 0 Å². The largest absolute Gasteiger partial charge is 0.469 e. The Morgan fingerprint density at radius 2 is 2.06 bits per heavy atom. The van der Waals surface area contributed by atoms with E-state index >= 15 is 0 Å². The Bertz CT molecular complexity index is 427. The Labute approximate surface area is 109 Å². The van der Waals surface area contributed by atoms with Crippen molar-refractivity contribution in [2.75, 3.05) is 14.2 Å². The first-order chi connectivity index (χ1) is 8.52. The lowest BCUT2D eigenvalue weighted by atomic mass is 9.49. The van der Waals surface area contributed by atoms with Crippen LogP contribution in [0.3, 0.4) is 0 Å². The molecule has 2 fully saturated rings. The average molecular weight is 250 g/mol. The summed E-state index contributed by atoms with van der Waals surface area (Å²) in [6, 6.07) is 0. The number of ether oxygens (including phenoxy) is 2. The molecule has 3 heteroatoms. The lowest BCUT2D eigenvalue weighted by molar-refractivity contribution is -0.186. The van der Waals surface area contributed by atoms with E-state index in [9.17, 15) is 4.79 Å². The zero-order valence-electron chi connectivity index (χ0n) is 11.5. The fourth-order valence-electron chi connectivity index (χ4n) is 4.74. The summed E-state index contributed by atoms with van der Waals surface area (Å²) < 4.78 is 10.9.